The Bertz CT molecular complexity index is 1230. The maximum atomic E-state index is 13.6. The van der Waals surface area contributed by atoms with E-state index < -0.39 is 10.0 Å². The molecule has 0 N–H and O–H groups in total. The lowest BCUT2D eigenvalue weighted by Crippen LogP contribution is -2.25. The maximum absolute atomic E-state index is 13.6. The summed E-state index contributed by atoms with van der Waals surface area (Å²) in [6, 6.07) is 24.8. The highest BCUT2D eigenvalue weighted by molar-refractivity contribution is 7.93. The highest BCUT2D eigenvalue weighted by Gasteiger charge is 2.29. The van der Waals surface area contributed by atoms with Crippen LogP contribution in [0.1, 0.15) is 5.69 Å². The van der Waals surface area contributed by atoms with Gasteiger partial charge in [0.2, 0.25) is 5.88 Å². The molecule has 0 bridgehead atoms. The molecule has 0 unspecified atom stereocenters. The minimum atomic E-state index is -3.95. The minimum Gasteiger partial charge on any atom is -0.497 e. The van der Waals surface area contributed by atoms with E-state index >= 15 is 0 Å². The van der Waals surface area contributed by atoms with Gasteiger partial charge in [-0.25, -0.2) is 12.7 Å². The summed E-state index contributed by atoms with van der Waals surface area (Å²) in [6.07, 6.45) is 0. The number of methoxy groups -OCH3 is 1. The molecule has 7 heteroatoms. The monoisotopic (exact) mass is 420 g/mol. The Morgan fingerprint density at radius 1 is 0.867 bits per heavy atom. The van der Waals surface area contributed by atoms with Crippen LogP contribution in [0.15, 0.2) is 94.3 Å². The van der Waals surface area contributed by atoms with Gasteiger partial charge < -0.3 is 9.26 Å². The molecule has 0 radical (unpaired) electrons. The molecule has 0 spiro atoms. The first-order valence-electron chi connectivity index (χ1n) is 9.27. The van der Waals surface area contributed by atoms with Crippen LogP contribution in [0.5, 0.6) is 5.75 Å². The lowest BCUT2D eigenvalue weighted by atomic mass is 10.1. The van der Waals surface area contributed by atoms with E-state index in [0.717, 1.165) is 15.4 Å². The Hall–Kier alpha value is -3.58. The molecule has 0 aliphatic rings. The summed E-state index contributed by atoms with van der Waals surface area (Å²) in [7, 11) is -2.40. The number of nitrogens with zero attached hydrogens (tertiary/aromatic N) is 2. The predicted octanol–water partition coefficient (Wildman–Crippen LogP) is 5.19. The average molecular weight is 420 g/mol. The fourth-order valence-corrected chi connectivity index (χ4v) is 4.52. The molecule has 0 aliphatic heterocycles. The van der Waals surface area contributed by atoms with Crippen molar-refractivity contribution in [1.82, 2.24) is 5.16 Å². The van der Waals surface area contributed by atoms with Crippen LogP contribution in [-0.4, -0.2) is 20.7 Å². The van der Waals surface area contributed by atoms with Gasteiger partial charge in [-0.1, -0.05) is 47.6 Å². The van der Waals surface area contributed by atoms with Crippen LogP contribution < -0.4 is 9.04 Å². The molecule has 6 nitrogen and oxygen atoms in total. The number of rotatable bonds is 6. The van der Waals surface area contributed by atoms with Crippen LogP contribution in [0.25, 0.3) is 11.1 Å². The van der Waals surface area contributed by atoms with Crippen molar-refractivity contribution < 1.29 is 17.7 Å². The van der Waals surface area contributed by atoms with Gasteiger partial charge in [-0.2, -0.15) is 0 Å². The lowest BCUT2D eigenvalue weighted by Gasteiger charge is -2.21. The standard InChI is InChI=1S/C23H20N2O4S/c1-17-16-23(29-24-17)25(20-10-12-21(28-2)13-11-20)30(26,27)22-14-8-19(9-15-22)18-6-4-3-5-7-18/h3-16H,1-2H3. The lowest BCUT2D eigenvalue weighted by molar-refractivity contribution is 0.414. The zero-order valence-electron chi connectivity index (χ0n) is 16.5. The largest absolute Gasteiger partial charge is 0.497 e. The van der Waals surface area contributed by atoms with E-state index in [0.29, 0.717) is 17.1 Å². The van der Waals surface area contributed by atoms with Crippen molar-refractivity contribution in [2.45, 2.75) is 11.8 Å². The molecule has 152 valence electrons. The number of sulfonamides is 1. The van der Waals surface area contributed by atoms with Gasteiger partial charge in [0.15, 0.2) is 0 Å². The van der Waals surface area contributed by atoms with Crippen LogP contribution in [-0.2, 0) is 10.0 Å². The zero-order valence-corrected chi connectivity index (χ0v) is 17.3. The molecule has 0 saturated carbocycles. The Morgan fingerprint density at radius 2 is 1.50 bits per heavy atom. The molecular formula is C23H20N2O4S. The highest BCUT2D eigenvalue weighted by atomic mass is 32.2. The van der Waals surface area contributed by atoms with E-state index in [-0.39, 0.29) is 10.8 Å². The van der Waals surface area contributed by atoms with Gasteiger partial charge in [-0.15, -0.1) is 0 Å². The average Bonchev–Trinajstić information content (AvgIpc) is 3.20. The SMILES string of the molecule is COc1ccc(N(c2cc(C)no2)S(=O)(=O)c2ccc(-c3ccccc3)cc2)cc1. The number of hydrogen-bond acceptors (Lipinski definition) is 5. The normalized spacial score (nSPS) is 11.3. The molecule has 30 heavy (non-hydrogen) atoms. The predicted molar refractivity (Wildman–Crippen MR) is 115 cm³/mol. The third-order valence-corrected chi connectivity index (χ3v) is 6.36. The first kappa shape index (κ1) is 19.7. The quantitative estimate of drug-likeness (QED) is 0.429. The first-order valence-corrected chi connectivity index (χ1v) is 10.7. The second kappa shape index (κ2) is 8.04. The number of hydrogen-bond donors (Lipinski definition) is 0. The Kier molecular flexibility index (Phi) is 5.29. The van der Waals surface area contributed by atoms with Crippen molar-refractivity contribution in [1.29, 1.82) is 0 Å². The molecule has 1 heterocycles. The van der Waals surface area contributed by atoms with Gasteiger partial charge >= 0.3 is 0 Å². The van der Waals surface area contributed by atoms with Crippen molar-refractivity contribution in [2.75, 3.05) is 11.4 Å². The van der Waals surface area contributed by atoms with Gasteiger partial charge in [0.1, 0.15) is 5.75 Å². The summed E-state index contributed by atoms with van der Waals surface area (Å²) in [5.41, 5.74) is 2.94. The van der Waals surface area contributed by atoms with E-state index in [1.807, 2.05) is 30.3 Å². The smallest absolute Gasteiger partial charge is 0.271 e. The molecule has 0 amide bonds. The molecule has 1 aromatic heterocycles. The van der Waals surface area contributed by atoms with Crippen LogP contribution in [0.2, 0.25) is 0 Å². The third-order valence-electron chi connectivity index (χ3n) is 4.62. The zero-order chi connectivity index (χ0) is 21.1. The maximum Gasteiger partial charge on any atom is 0.271 e. The summed E-state index contributed by atoms with van der Waals surface area (Å²) in [5, 5.41) is 3.85. The van der Waals surface area contributed by atoms with Gasteiger partial charge in [-0.05, 0) is 54.4 Å². The second-order valence-electron chi connectivity index (χ2n) is 6.66. The van der Waals surface area contributed by atoms with E-state index in [4.69, 9.17) is 9.26 Å². The first-order chi connectivity index (χ1) is 14.5. The van der Waals surface area contributed by atoms with Crippen LogP contribution >= 0.6 is 0 Å². The van der Waals surface area contributed by atoms with Gasteiger partial charge in [0.25, 0.3) is 10.0 Å². The van der Waals surface area contributed by atoms with Crippen molar-refractivity contribution in [3.05, 3.63) is 90.6 Å². The van der Waals surface area contributed by atoms with E-state index in [1.165, 1.54) is 0 Å². The topological polar surface area (TPSA) is 72.6 Å². The van der Waals surface area contributed by atoms with Crippen molar-refractivity contribution in [2.24, 2.45) is 0 Å². The van der Waals surface area contributed by atoms with E-state index in [1.54, 1.807) is 68.6 Å². The molecule has 0 atom stereocenters. The van der Waals surface area contributed by atoms with Crippen molar-refractivity contribution in [3.63, 3.8) is 0 Å². The third kappa shape index (κ3) is 3.79. The van der Waals surface area contributed by atoms with Crippen LogP contribution in [0.4, 0.5) is 11.6 Å². The van der Waals surface area contributed by atoms with Gasteiger partial charge in [-0.3, -0.25) is 0 Å². The summed E-state index contributed by atoms with van der Waals surface area (Å²) in [4.78, 5) is 0.145. The molecule has 3 aromatic carbocycles. The van der Waals surface area contributed by atoms with Crippen molar-refractivity contribution >= 4 is 21.6 Å². The Balaban J connectivity index is 1.77. The molecule has 4 rings (SSSR count). The molecule has 0 aliphatic carbocycles. The van der Waals surface area contributed by atoms with Crippen molar-refractivity contribution in [3.8, 4) is 16.9 Å². The van der Waals surface area contributed by atoms with Crippen LogP contribution in [0.3, 0.4) is 0 Å². The van der Waals surface area contributed by atoms with E-state index in [9.17, 15) is 8.42 Å². The molecule has 4 aromatic rings. The number of aromatic nitrogens is 1. The fourth-order valence-electron chi connectivity index (χ4n) is 3.10. The van der Waals surface area contributed by atoms with Crippen LogP contribution in [0, 0.1) is 6.92 Å². The van der Waals surface area contributed by atoms with E-state index in [2.05, 4.69) is 5.16 Å². The number of aryl methyl sites for hydroxylation is 1. The Labute approximate surface area is 175 Å². The number of benzene rings is 3. The summed E-state index contributed by atoms with van der Waals surface area (Å²) in [5.74, 6) is 0.738. The molecular weight excluding hydrogens is 400 g/mol. The minimum absolute atomic E-state index is 0.116. The summed E-state index contributed by atoms with van der Waals surface area (Å²) in [6.45, 7) is 1.74. The molecule has 0 fully saturated rings. The summed E-state index contributed by atoms with van der Waals surface area (Å²) < 4.78 is 38.7. The summed E-state index contributed by atoms with van der Waals surface area (Å²) >= 11 is 0. The Morgan fingerprint density at radius 3 is 2.07 bits per heavy atom. The van der Waals surface area contributed by atoms with Gasteiger partial charge in [0, 0.05) is 6.07 Å². The second-order valence-corrected chi connectivity index (χ2v) is 8.45. The van der Waals surface area contributed by atoms with Gasteiger partial charge in [0.05, 0.1) is 23.4 Å². The highest BCUT2D eigenvalue weighted by Crippen LogP contribution is 2.34. The number of anilines is 2. The number of ether oxygens (including phenoxy) is 1. The fraction of sp³-hybridized carbons (Fsp3) is 0.0870. The molecule has 0 saturated heterocycles.